The molecule has 0 radical (unpaired) electrons. The van der Waals surface area contributed by atoms with Crippen LogP contribution in [0.4, 0.5) is 5.69 Å². The second kappa shape index (κ2) is 4.68. The van der Waals surface area contributed by atoms with E-state index in [4.69, 9.17) is 27.7 Å². The maximum atomic E-state index is 11.7. The van der Waals surface area contributed by atoms with E-state index in [2.05, 4.69) is 20.4 Å². The second-order valence-electron chi connectivity index (χ2n) is 3.12. The average molecular weight is 273 g/mol. The normalized spacial score (nSPS) is 10.3. The Bertz CT molecular complexity index is 550. The van der Waals surface area contributed by atoms with E-state index < -0.39 is 5.91 Å². The van der Waals surface area contributed by atoms with Crippen LogP contribution in [0.25, 0.3) is 0 Å². The predicted molar refractivity (Wildman–Crippen MR) is 61.2 cm³/mol. The van der Waals surface area contributed by atoms with Gasteiger partial charge in [0, 0.05) is 6.07 Å². The van der Waals surface area contributed by atoms with Crippen LogP contribution in [0.15, 0.2) is 16.9 Å². The van der Waals surface area contributed by atoms with Gasteiger partial charge in [-0.25, -0.2) is 9.97 Å². The molecular formula is C9H6Cl2N4O2. The number of anilines is 1. The molecule has 2 heterocycles. The van der Waals surface area contributed by atoms with Gasteiger partial charge in [-0.3, -0.25) is 4.79 Å². The first-order valence-electron chi connectivity index (χ1n) is 4.48. The van der Waals surface area contributed by atoms with Gasteiger partial charge in [0.05, 0.1) is 5.69 Å². The van der Waals surface area contributed by atoms with Crippen molar-refractivity contribution in [2.75, 3.05) is 5.32 Å². The summed E-state index contributed by atoms with van der Waals surface area (Å²) in [5.74, 6) is -0.470. The van der Waals surface area contributed by atoms with Gasteiger partial charge in [-0.1, -0.05) is 28.4 Å². The number of amides is 1. The first kappa shape index (κ1) is 11.8. The Labute approximate surface area is 106 Å². The van der Waals surface area contributed by atoms with Crippen molar-refractivity contribution in [2.45, 2.75) is 6.92 Å². The van der Waals surface area contributed by atoms with Crippen LogP contribution < -0.4 is 5.32 Å². The number of rotatable bonds is 2. The van der Waals surface area contributed by atoms with Crippen LogP contribution in [0, 0.1) is 6.92 Å². The standard InChI is InChI=1S/C9H6Cl2N4O2/c1-4-2-5(17-15-4)9(16)14-6-7(10)12-3-13-8(6)11/h2-3H,1H3,(H,14,16). The van der Waals surface area contributed by atoms with E-state index in [1.54, 1.807) is 6.92 Å². The molecule has 0 bridgehead atoms. The van der Waals surface area contributed by atoms with Crippen molar-refractivity contribution in [2.24, 2.45) is 0 Å². The zero-order valence-corrected chi connectivity index (χ0v) is 10.1. The number of hydrogen-bond donors (Lipinski definition) is 1. The number of aromatic nitrogens is 3. The molecular weight excluding hydrogens is 267 g/mol. The van der Waals surface area contributed by atoms with Gasteiger partial charge in [0.15, 0.2) is 10.3 Å². The summed E-state index contributed by atoms with van der Waals surface area (Å²) in [6.45, 7) is 1.70. The fourth-order valence-corrected chi connectivity index (χ4v) is 1.50. The van der Waals surface area contributed by atoms with Crippen molar-refractivity contribution < 1.29 is 9.32 Å². The van der Waals surface area contributed by atoms with Crippen LogP contribution in [-0.4, -0.2) is 21.0 Å². The van der Waals surface area contributed by atoms with Crippen molar-refractivity contribution >= 4 is 34.8 Å². The van der Waals surface area contributed by atoms with E-state index in [0.717, 1.165) is 0 Å². The van der Waals surface area contributed by atoms with Gasteiger partial charge in [-0.15, -0.1) is 0 Å². The molecule has 8 heteroatoms. The summed E-state index contributed by atoms with van der Waals surface area (Å²) in [6, 6.07) is 1.49. The van der Waals surface area contributed by atoms with Crippen molar-refractivity contribution in [3.63, 3.8) is 0 Å². The Morgan fingerprint density at radius 1 is 1.35 bits per heavy atom. The highest BCUT2D eigenvalue weighted by Gasteiger charge is 2.16. The lowest BCUT2D eigenvalue weighted by atomic mass is 10.3. The number of halogens is 2. The van der Waals surface area contributed by atoms with E-state index in [9.17, 15) is 4.79 Å². The van der Waals surface area contributed by atoms with Crippen LogP contribution in [0.2, 0.25) is 10.3 Å². The van der Waals surface area contributed by atoms with Crippen molar-refractivity contribution in [3.05, 3.63) is 34.2 Å². The Morgan fingerprint density at radius 3 is 2.53 bits per heavy atom. The van der Waals surface area contributed by atoms with Crippen molar-refractivity contribution in [1.82, 2.24) is 15.1 Å². The number of carbonyl (C=O) groups is 1. The van der Waals surface area contributed by atoms with Gasteiger partial charge in [0.25, 0.3) is 5.91 Å². The highest BCUT2D eigenvalue weighted by Crippen LogP contribution is 2.26. The molecule has 2 rings (SSSR count). The van der Waals surface area contributed by atoms with E-state index in [-0.39, 0.29) is 21.8 Å². The Kier molecular flexibility index (Phi) is 3.26. The molecule has 0 aliphatic carbocycles. The first-order chi connectivity index (χ1) is 8.08. The lowest BCUT2D eigenvalue weighted by molar-refractivity contribution is 0.0988. The second-order valence-corrected chi connectivity index (χ2v) is 3.83. The molecule has 0 aliphatic heterocycles. The van der Waals surface area contributed by atoms with Crippen molar-refractivity contribution in [1.29, 1.82) is 0 Å². The van der Waals surface area contributed by atoms with Gasteiger partial charge in [0.1, 0.15) is 12.0 Å². The highest BCUT2D eigenvalue weighted by atomic mass is 35.5. The third-order valence-electron chi connectivity index (χ3n) is 1.85. The van der Waals surface area contributed by atoms with Gasteiger partial charge in [-0.05, 0) is 6.92 Å². The minimum atomic E-state index is -0.524. The summed E-state index contributed by atoms with van der Waals surface area (Å²) in [7, 11) is 0. The van der Waals surface area contributed by atoms with Crippen LogP contribution in [0.3, 0.4) is 0 Å². The molecule has 1 amide bonds. The monoisotopic (exact) mass is 272 g/mol. The zero-order valence-electron chi connectivity index (χ0n) is 8.57. The molecule has 0 atom stereocenters. The SMILES string of the molecule is Cc1cc(C(=O)Nc2c(Cl)ncnc2Cl)on1. The maximum absolute atomic E-state index is 11.7. The molecule has 6 nitrogen and oxygen atoms in total. The first-order valence-corrected chi connectivity index (χ1v) is 5.24. The smallest absolute Gasteiger partial charge is 0.294 e. The summed E-state index contributed by atoms with van der Waals surface area (Å²) < 4.78 is 4.79. The van der Waals surface area contributed by atoms with Gasteiger partial charge in [0.2, 0.25) is 5.76 Å². The van der Waals surface area contributed by atoms with Gasteiger partial charge < -0.3 is 9.84 Å². The lowest BCUT2D eigenvalue weighted by Gasteiger charge is -2.04. The van der Waals surface area contributed by atoms with Crippen molar-refractivity contribution in [3.8, 4) is 0 Å². The summed E-state index contributed by atoms with van der Waals surface area (Å²) in [4.78, 5) is 19.1. The average Bonchev–Trinajstić information content (AvgIpc) is 2.70. The van der Waals surface area contributed by atoms with E-state index >= 15 is 0 Å². The fraction of sp³-hybridized carbons (Fsp3) is 0.111. The molecule has 2 aromatic heterocycles. The molecule has 2 aromatic rings. The summed E-state index contributed by atoms with van der Waals surface area (Å²) in [6.07, 6.45) is 1.19. The Hall–Kier alpha value is -1.66. The Balaban J connectivity index is 2.24. The molecule has 0 saturated heterocycles. The summed E-state index contributed by atoms with van der Waals surface area (Å²) in [5.41, 5.74) is 0.728. The third-order valence-corrected chi connectivity index (χ3v) is 2.42. The molecule has 0 spiro atoms. The van der Waals surface area contributed by atoms with E-state index in [1.165, 1.54) is 12.4 Å². The fourth-order valence-electron chi connectivity index (χ4n) is 1.09. The maximum Gasteiger partial charge on any atom is 0.294 e. The molecule has 0 aliphatic rings. The minimum Gasteiger partial charge on any atom is -0.351 e. The number of carbonyl (C=O) groups excluding carboxylic acids is 1. The molecule has 88 valence electrons. The molecule has 0 unspecified atom stereocenters. The number of nitrogens with zero attached hydrogens (tertiary/aromatic N) is 3. The highest BCUT2D eigenvalue weighted by molar-refractivity contribution is 6.38. The predicted octanol–water partition coefficient (Wildman–Crippen LogP) is 2.33. The number of nitrogens with one attached hydrogen (secondary N) is 1. The largest absolute Gasteiger partial charge is 0.351 e. The van der Waals surface area contributed by atoms with Gasteiger partial charge in [-0.2, -0.15) is 0 Å². The van der Waals surface area contributed by atoms with Crippen LogP contribution in [-0.2, 0) is 0 Å². The molecule has 0 fully saturated rings. The zero-order chi connectivity index (χ0) is 12.4. The van der Waals surface area contributed by atoms with Crippen LogP contribution >= 0.6 is 23.2 Å². The number of hydrogen-bond acceptors (Lipinski definition) is 5. The summed E-state index contributed by atoms with van der Waals surface area (Å²) >= 11 is 11.5. The van der Waals surface area contributed by atoms with E-state index in [1.807, 2.05) is 0 Å². The van der Waals surface area contributed by atoms with Crippen LogP contribution in [0.1, 0.15) is 16.2 Å². The lowest BCUT2D eigenvalue weighted by Crippen LogP contribution is -2.12. The molecule has 0 aromatic carbocycles. The number of aryl methyl sites for hydroxylation is 1. The molecule has 1 N–H and O–H groups in total. The van der Waals surface area contributed by atoms with Crippen LogP contribution in [0.5, 0.6) is 0 Å². The van der Waals surface area contributed by atoms with E-state index in [0.29, 0.717) is 5.69 Å². The van der Waals surface area contributed by atoms with Gasteiger partial charge >= 0.3 is 0 Å². The topological polar surface area (TPSA) is 80.9 Å². The minimum absolute atomic E-state index is 0.0505. The third kappa shape index (κ3) is 2.54. The Morgan fingerprint density at radius 2 is 2.00 bits per heavy atom. The molecule has 0 saturated carbocycles. The summed E-state index contributed by atoms with van der Waals surface area (Å²) in [5, 5.41) is 6.14. The quantitative estimate of drug-likeness (QED) is 0.849. The molecule has 17 heavy (non-hydrogen) atoms.